The summed E-state index contributed by atoms with van der Waals surface area (Å²) < 4.78 is 17.9. The number of nitrogens with one attached hydrogen (secondary N) is 2. The van der Waals surface area contributed by atoms with Gasteiger partial charge in [0.25, 0.3) is 5.56 Å². The number of fused-ring (bicyclic) bond motifs is 1. The summed E-state index contributed by atoms with van der Waals surface area (Å²) in [7, 11) is 3.18. The minimum Gasteiger partial charge on any atom is -0.497 e. The first-order valence-corrected chi connectivity index (χ1v) is 10.2. The van der Waals surface area contributed by atoms with Crippen LogP contribution in [0.3, 0.4) is 0 Å². The number of H-pyrrole nitrogens is 1. The molecule has 1 aromatic carbocycles. The minimum absolute atomic E-state index is 0.0636. The first-order valence-electron chi connectivity index (χ1n) is 10.2. The fourth-order valence-corrected chi connectivity index (χ4v) is 3.30. The van der Waals surface area contributed by atoms with Gasteiger partial charge < -0.3 is 34.2 Å². The van der Waals surface area contributed by atoms with E-state index in [0.29, 0.717) is 36.0 Å². The van der Waals surface area contributed by atoms with Gasteiger partial charge in [-0.3, -0.25) is 4.79 Å². The summed E-state index contributed by atoms with van der Waals surface area (Å²) in [5, 5.41) is 12.4. The molecule has 0 saturated heterocycles. The van der Waals surface area contributed by atoms with Crippen LogP contribution < -0.4 is 20.3 Å². The topological polar surface area (TPSA) is 111 Å². The van der Waals surface area contributed by atoms with E-state index in [1.54, 1.807) is 31.0 Å². The van der Waals surface area contributed by atoms with Crippen molar-refractivity contribution in [3.05, 3.63) is 40.8 Å². The van der Waals surface area contributed by atoms with Gasteiger partial charge in [-0.1, -0.05) is 13.8 Å². The number of aromatic amines is 1. The van der Waals surface area contributed by atoms with Gasteiger partial charge in [-0.15, -0.1) is 0 Å². The minimum atomic E-state index is -0.229. The van der Waals surface area contributed by atoms with Crippen LogP contribution in [0.1, 0.15) is 19.9 Å². The molecule has 0 aliphatic heterocycles. The highest BCUT2D eigenvalue weighted by atomic mass is 16.5. The third-order valence-electron chi connectivity index (χ3n) is 4.91. The molecule has 0 saturated carbocycles. The van der Waals surface area contributed by atoms with E-state index in [9.17, 15) is 4.79 Å². The van der Waals surface area contributed by atoms with Crippen LogP contribution in [0.5, 0.6) is 11.5 Å². The van der Waals surface area contributed by atoms with Crippen LogP contribution in [0, 0.1) is 0 Å². The number of benzene rings is 1. The number of aliphatic hydroxyl groups is 1. The highest BCUT2D eigenvalue weighted by Crippen LogP contribution is 2.32. The summed E-state index contributed by atoms with van der Waals surface area (Å²) in [5.41, 5.74) is 1.89. The zero-order valence-electron chi connectivity index (χ0n) is 18.3. The molecule has 0 aliphatic carbocycles. The summed E-state index contributed by atoms with van der Waals surface area (Å²) in [5.74, 6) is 1.89. The lowest BCUT2D eigenvalue weighted by Gasteiger charge is -2.21. The maximum atomic E-state index is 12.8. The molecule has 31 heavy (non-hydrogen) atoms. The van der Waals surface area contributed by atoms with Crippen molar-refractivity contribution in [2.45, 2.75) is 25.9 Å². The van der Waals surface area contributed by atoms with E-state index < -0.39 is 0 Å². The molecule has 168 valence electrons. The molecule has 9 nitrogen and oxygen atoms in total. The van der Waals surface area contributed by atoms with Crippen molar-refractivity contribution < 1.29 is 19.3 Å². The Kier molecular flexibility index (Phi) is 7.67. The Morgan fingerprint density at radius 1 is 1.23 bits per heavy atom. The molecular formula is C22H30N4O5. The van der Waals surface area contributed by atoms with Crippen molar-refractivity contribution in [2.24, 2.45) is 0 Å². The predicted molar refractivity (Wildman–Crippen MR) is 119 cm³/mol. The highest BCUT2D eigenvalue weighted by Gasteiger charge is 2.17. The number of hydrogen-bond acceptors (Lipinski definition) is 7. The highest BCUT2D eigenvalue weighted by molar-refractivity contribution is 5.80. The predicted octanol–water partition coefficient (Wildman–Crippen LogP) is 1.96. The quantitative estimate of drug-likeness (QED) is 0.399. The van der Waals surface area contributed by atoms with Gasteiger partial charge in [-0.25, -0.2) is 4.98 Å². The number of methoxy groups -OCH3 is 2. The number of ether oxygens (including phenoxy) is 3. The van der Waals surface area contributed by atoms with Gasteiger partial charge in [0.1, 0.15) is 17.3 Å². The van der Waals surface area contributed by atoms with E-state index in [4.69, 9.17) is 19.3 Å². The van der Waals surface area contributed by atoms with Crippen LogP contribution in [-0.2, 0) is 4.74 Å². The Morgan fingerprint density at radius 2 is 2.03 bits per heavy atom. The van der Waals surface area contributed by atoms with E-state index >= 15 is 0 Å². The molecule has 0 spiro atoms. The van der Waals surface area contributed by atoms with Gasteiger partial charge >= 0.3 is 0 Å². The second kappa shape index (κ2) is 10.4. The molecule has 1 unspecified atom stereocenters. The number of hydrogen-bond donors (Lipinski definition) is 3. The molecule has 3 aromatic rings. The van der Waals surface area contributed by atoms with Crippen LogP contribution >= 0.6 is 0 Å². The molecule has 3 N–H and O–H groups in total. The van der Waals surface area contributed by atoms with Gasteiger partial charge in [0.15, 0.2) is 0 Å². The fraction of sp³-hybridized carbons (Fsp3) is 0.455. The summed E-state index contributed by atoms with van der Waals surface area (Å²) in [6, 6.07) is 7.03. The standard InChI is InChI=1S/C22H30N4O5/c1-14(2)23-11-15(13-31-8-7-27)26-12-19-18(10-21(26)28)24-22(25-19)17-6-5-16(29-3)9-20(17)30-4/h5-6,9-10,12,14-15,23,27H,7-8,11,13H2,1-4H3,(H,24,25). The van der Waals surface area contributed by atoms with E-state index in [1.165, 1.54) is 6.07 Å². The van der Waals surface area contributed by atoms with Gasteiger partial charge in [-0.05, 0) is 12.1 Å². The average molecular weight is 431 g/mol. The van der Waals surface area contributed by atoms with Crippen molar-refractivity contribution in [1.82, 2.24) is 19.9 Å². The molecule has 1 atom stereocenters. The Labute approximate surface area is 181 Å². The maximum Gasteiger partial charge on any atom is 0.253 e. The lowest BCUT2D eigenvalue weighted by Crippen LogP contribution is -2.37. The van der Waals surface area contributed by atoms with Crippen LogP contribution in [0.2, 0.25) is 0 Å². The van der Waals surface area contributed by atoms with Crippen molar-refractivity contribution in [2.75, 3.05) is 40.6 Å². The Balaban J connectivity index is 1.98. The Bertz CT molecular complexity index is 1060. The largest absolute Gasteiger partial charge is 0.497 e. The second-order valence-corrected chi connectivity index (χ2v) is 7.48. The van der Waals surface area contributed by atoms with Gasteiger partial charge in [0.05, 0.1) is 56.7 Å². The SMILES string of the molecule is COc1ccc(-c2nc3cc(=O)n(C(CNC(C)C)COCCO)cc3[nH]2)c(OC)c1. The van der Waals surface area contributed by atoms with E-state index in [1.807, 2.05) is 26.0 Å². The number of aromatic nitrogens is 3. The molecule has 0 radical (unpaired) electrons. The Hall–Kier alpha value is -2.88. The van der Waals surface area contributed by atoms with E-state index in [-0.39, 0.29) is 30.9 Å². The molecule has 3 rings (SSSR count). The van der Waals surface area contributed by atoms with Gasteiger partial charge in [0.2, 0.25) is 0 Å². The van der Waals surface area contributed by atoms with E-state index in [2.05, 4.69) is 15.3 Å². The van der Waals surface area contributed by atoms with Crippen LogP contribution in [0.4, 0.5) is 0 Å². The van der Waals surface area contributed by atoms with Crippen LogP contribution in [-0.4, -0.2) is 66.3 Å². The van der Waals surface area contributed by atoms with Crippen LogP contribution in [0.25, 0.3) is 22.4 Å². The average Bonchev–Trinajstić information content (AvgIpc) is 3.17. The van der Waals surface area contributed by atoms with Crippen molar-refractivity contribution in [1.29, 1.82) is 0 Å². The number of rotatable bonds is 11. The van der Waals surface area contributed by atoms with Gasteiger partial charge in [0, 0.05) is 30.9 Å². The fourth-order valence-electron chi connectivity index (χ4n) is 3.30. The summed E-state index contributed by atoms with van der Waals surface area (Å²) in [4.78, 5) is 20.7. The maximum absolute atomic E-state index is 12.8. The second-order valence-electron chi connectivity index (χ2n) is 7.48. The first-order chi connectivity index (χ1) is 15.0. The van der Waals surface area contributed by atoms with Crippen LogP contribution in [0.15, 0.2) is 35.3 Å². The van der Waals surface area contributed by atoms with Gasteiger partial charge in [-0.2, -0.15) is 0 Å². The summed E-state index contributed by atoms with van der Waals surface area (Å²) >= 11 is 0. The van der Waals surface area contributed by atoms with Crippen molar-refractivity contribution in [3.63, 3.8) is 0 Å². The number of pyridine rings is 1. The molecule has 2 aromatic heterocycles. The third-order valence-corrected chi connectivity index (χ3v) is 4.91. The zero-order chi connectivity index (χ0) is 22.4. The smallest absolute Gasteiger partial charge is 0.253 e. The summed E-state index contributed by atoms with van der Waals surface area (Å²) in [6.07, 6.45) is 1.76. The Morgan fingerprint density at radius 3 is 2.71 bits per heavy atom. The number of imidazole rings is 1. The lowest BCUT2D eigenvalue weighted by molar-refractivity contribution is 0.0688. The molecule has 0 bridgehead atoms. The first kappa shape index (κ1) is 22.8. The number of aliphatic hydroxyl groups excluding tert-OH is 1. The zero-order valence-corrected chi connectivity index (χ0v) is 18.3. The molecule has 0 fully saturated rings. The van der Waals surface area contributed by atoms with Crippen molar-refractivity contribution >= 4 is 11.0 Å². The number of nitrogens with zero attached hydrogens (tertiary/aromatic N) is 2. The van der Waals surface area contributed by atoms with E-state index in [0.717, 1.165) is 11.1 Å². The third kappa shape index (κ3) is 5.43. The lowest BCUT2D eigenvalue weighted by atomic mass is 10.2. The molecule has 0 amide bonds. The molecular weight excluding hydrogens is 400 g/mol. The molecule has 0 aliphatic rings. The summed E-state index contributed by atoms with van der Waals surface area (Å²) in [6.45, 7) is 5.11. The normalized spacial score (nSPS) is 12.5. The monoisotopic (exact) mass is 430 g/mol. The molecule has 9 heteroatoms. The van der Waals surface area contributed by atoms with Crippen molar-refractivity contribution in [3.8, 4) is 22.9 Å². The molecule has 2 heterocycles.